The summed E-state index contributed by atoms with van der Waals surface area (Å²) in [5.41, 5.74) is 4.44. The molecule has 3 aromatic rings. The summed E-state index contributed by atoms with van der Waals surface area (Å²) in [6.07, 6.45) is 17.3. The van der Waals surface area contributed by atoms with Crippen molar-refractivity contribution in [2.45, 2.75) is 51.6 Å². The molecule has 0 unspecified atom stereocenters. The van der Waals surface area contributed by atoms with Crippen molar-refractivity contribution in [3.05, 3.63) is 58.5 Å². The number of hydrogen-bond acceptors (Lipinski definition) is 6. The van der Waals surface area contributed by atoms with Gasteiger partial charge in [-0.15, -0.1) is 11.3 Å². The minimum absolute atomic E-state index is 0.339. The van der Waals surface area contributed by atoms with Crippen molar-refractivity contribution in [3.8, 4) is 5.75 Å². The molecule has 2 N–H and O–H groups in total. The fourth-order valence-electron chi connectivity index (χ4n) is 4.02. The lowest BCUT2D eigenvalue weighted by molar-refractivity contribution is 0.210. The summed E-state index contributed by atoms with van der Waals surface area (Å²) in [6, 6.07) is 3.90. The van der Waals surface area contributed by atoms with Crippen LogP contribution in [0.3, 0.4) is 0 Å². The molecule has 30 heavy (non-hydrogen) atoms. The Morgan fingerprint density at radius 1 is 1.23 bits per heavy atom. The standard InChI is InChI=1S/C23H25N5OS/c1-15-19(14-25-28-15)16-5-4-8-21-20(10-9-16)26-23(30-21)27-22-13-18(11-12-24-22)29-17-6-2-3-7-17/h5,9-14,17H,2-4,6-8H2,1H3,(H,25,28)(H,24,26,27). The van der Waals surface area contributed by atoms with Gasteiger partial charge in [-0.3, -0.25) is 5.10 Å². The van der Waals surface area contributed by atoms with Crippen molar-refractivity contribution in [3.63, 3.8) is 0 Å². The molecule has 0 saturated heterocycles. The monoisotopic (exact) mass is 419 g/mol. The summed E-state index contributed by atoms with van der Waals surface area (Å²) >= 11 is 1.69. The third-order valence-electron chi connectivity index (χ3n) is 5.60. The van der Waals surface area contributed by atoms with E-state index in [-0.39, 0.29) is 0 Å². The van der Waals surface area contributed by atoms with Gasteiger partial charge in [0.25, 0.3) is 0 Å². The lowest BCUT2D eigenvalue weighted by Gasteiger charge is -2.13. The van der Waals surface area contributed by atoms with Crippen LogP contribution in [0.15, 0.2) is 36.7 Å². The minimum Gasteiger partial charge on any atom is -0.490 e. The summed E-state index contributed by atoms with van der Waals surface area (Å²) in [6.45, 7) is 2.05. The van der Waals surface area contributed by atoms with Gasteiger partial charge in [0.15, 0.2) is 5.13 Å². The first-order chi connectivity index (χ1) is 14.7. The van der Waals surface area contributed by atoms with E-state index in [9.17, 15) is 0 Å². The molecule has 3 aromatic heterocycles. The van der Waals surface area contributed by atoms with E-state index in [0.717, 1.165) is 59.3 Å². The average Bonchev–Trinajstić information content (AvgIpc) is 3.46. The minimum atomic E-state index is 0.339. The first kappa shape index (κ1) is 19.1. The predicted octanol–water partition coefficient (Wildman–Crippen LogP) is 5.68. The lowest BCUT2D eigenvalue weighted by Crippen LogP contribution is -2.11. The number of thiazole rings is 1. The molecule has 0 amide bonds. The van der Waals surface area contributed by atoms with Crippen molar-refractivity contribution < 1.29 is 4.74 Å². The van der Waals surface area contributed by atoms with Gasteiger partial charge in [0.2, 0.25) is 0 Å². The number of aryl methyl sites for hydroxylation is 2. The number of aromatic amines is 1. The predicted molar refractivity (Wildman–Crippen MR) is 121 cm³/mol. The average molecular weight is 420 g/mol. The summed E-state index contributed by atoms with van der Waals surface area (Å²) in [5.74, 6) is 1.64. The smallest absolute Gasteiger partial charge is 0.189 e. The second-order valence-corrected chi connectivity index (χ2v) is 8.88. The van der Waals surface area contributed by atoms with E-state index in [4.69, 9.17) is 9.72 Å². The second-order valence-electron chi connectivity index (χ2n) is 7.79. The third-order valence-corrected chi connectivity index (χ3v) is 6.64. The van der Waals surface area contributed by atoms with Crippen molar-refractivity contribution in [1.29, 1.82) is 0 Å². The zero-order valence-electron chi connectivity index (χ0n) is 17.0. The molecule has 2 aliphatic carbocycles. The number of aromatic nitrogens is 4. The maximum atomic E-state index is 6.10. The maximum absolute atomic E-state index is 6.10. The second kappa shape index (κ2) is 8.44. The molecule has 3 heterocycles. The van der Waals surface area contributed by atoms with Crippen LogP contribution in [0, 0.1) is 6.92 Å². The van der Waals surface area contributed by atoms with Crippen LogP contribution in [0.5, 0.6) is 5.75 Å². The number of hydrogen-bond donors (Lipinski definition) is 2. The number of fused-ring (bicyclic) bond motifs is 1. The van der Waals surface area contributed by atoms with Gasteiger partial charge >= 0.3 is 0 Å². The Morgan fingerprint density at radius 3 is 2.97 bits per heavy atom. The Morgan fingerprint density at radius 2 is 2.13 bits per heavy atom. The zero-order chi connectivity index (χ0) is 20.3. The SMILES string of the molecule is Cc1[nH]ncc1C1=CCCc2sc(Nc3cc(OC4CCCC4)ccn3)nc2C=C1. The number of anilines is 2. The molecule has 0 aliphatic heterocycles. The first-order valence-electron chi connectivity index (χ1n) is 10.5. The van der Waals surface area contributed by atoms with Gasteiger partial charge < -0.3 is 10.1 Å². The van der Waals surface area contributed by atoms with Gasteiger partial charge in [-0.1, -0.05) is 12.2 Å². The fraction of sp³-hybridized carbons (Fsp3) is 0.348. The number of nitrogens with zero attached hydrogens (tertiary/aromatic N) is 3. The Hall–Kier alpha value is -2.93. The summed E-state index contributed by atoms with van der Waals surface area (Å²) < 4.78 is 6.10. The van der Waals surface area contributed by atoms with Crippen LogP contribution in [-0.2, 0) is 6.42 Å². The molecule has 6 nitrogen and oxygen atoms in total. The molecule has 5 rings (SSSR count). The highest BCUT2D eigenvalue weighted by atomic mass is 32.1. The molecule has 1 saturated carbocycles. The topological polar surface area (TPSA) is 75.7 Å². The van der Waals surface area contributed by atoms with E-state index >= 15 is 0 Å². The van der Waals surface area contributed by atoms with Gasteiger partial charge in [-0.05, 0) is 63.2 Å². The summed E-state index contributed by atoms with van der Waals surface area (Å²) in [7, 11) is 0. The van der Waals surface area contributed by atoms with Gasteiger partial charge in [0, 0.05) is 28.4 Å². The maximum Gasteiger partial charge on any atom is 0.189 e. The molecule has 0 bridgehead atoms. The molecule has 154 valence electrons. The quantitative estimate of drug-likeness (QED) is 0.557. The van der Waals surface area contributed by atoms with Crippen LogP contribution in [0.25, 0.3) is 11.6 Å². The number of nitrogens with one attached hydrogen (secondary N) is 2. The van der Waals surface area contributed by atoms with Crippen molar-refractivity contribution >= 4 is 33.9 Å². The Kier molecular flexibility index (Phi) is 5.36. The van der Waals surface area contributed by atoms with Crippen LogP contribution < -0.4 is 10.1 Å². The number of rotatable bonds is 5. The Balaban J connectivity index is 1.31. The summed E-state index contributed by atoms with van der Waals surface area (Å²) in [5, 5.41) is 11.4. The van der Waals surface area contributed by atoms with Crippen LogP contribution in [0.1, 0.15) is 53.9 Å². The highest BCUT2D eigenvalue weighted by molar-refractivity contribution is 7.15. The largest absolute Gasteiger partial charge is 0.490 e. The zero-order valence-corrected chi connectivity index (χ0v) is 17.8. The van der Waals surface area contributed by atoms with Crippen LogP contribution in [-0.4, -0.2) is 26.3 Å². The Labute approximate surface area is 180 Å². The van der Waals surface area contributed by atoms with E-state index in [2.05, 4.69) is 38.7 Å². The molecule has 0 spiro atoms. The van der Waals surface area contributed by atoms with E-state index in [0.29, 0.717) is 6.10 Å². The van der Waals surface area contributed by atoms with Gasteiger partial charge in [0.1, 0.15) is 11.6 Å². The van der Waals surface area contributed by atoms with Crippen molar-refractivity contribution in [2.75, 3.05) is 5.32 Å². The molecule has 7 heteroatoms. The number of ether oxygens (including phenoxy) is 1. The van der Waals surface area contributed by atoms with Crippen LogP contribution in [0.2, 0.25) is 0 Å². The van der Waals surface area contributed by atoms with E-state index in [1.54, 1.807) is 17.5 Å². The molecule has 0 atom stereocenters. The van der Waals surface area contributed by atoms with Gasteiger partial charge in [-0.2, -0.15) is 5.10 Å². The number of allylic oxidation sites excluding steroid dienone is 3. The molecular weight excluding hydrogens is 394 g/mol. The molecule has 2 aliphatic rings. The third kappa shape index (κ3) is 4.16. The van der Waals surface area contributed by atoms with E-state index in [1.165, 1.54) is 23.3 Å². The lowest BCUT2D eigenvalue weighted by atomic mass is 10.0. The van der Waals surface area contributed by atoms with Gasteiger partial charge in [0.05, 0.1) is 18.0 Å². The van der Waals surface area contributed by atoms with E-state index in [1.807, 2.05) is 25.3 Å². The summed E-state index contributed by atoms with van der Waals surface area (Å²) in [4.78, 5) is 10.5. The first-order valence-corrected chi connectivity index (χ1v) is 11.3. The molecule has 1 fully saturated rings. The Bertz CT molecular complexity index is 1090. The highest BCUT2D eigenvalue weighted by Crippen LogP contribution is 2.32. The van der Waals surface area contributed by atoms with Crippen LogP contribution in [0.4, 0.5) is 10.9 Å². The normalized spacial score (nSPS) is 16.6. The van der Waals surface area contributed by atoms with Crippen molar-refractivity contribution in [1.82, 2.24) is 20.2 Å². The highest BCUT2D eigenvalue weighted by Gasteiger charge is 2.17. The number of H-pyrrole nitrogens is 1. The van der Waals surface area contributed by atoms with Gasteiger partial charge in [-0.25, -0.2) is 9.97 Å². The molecule has 0 radical (unpaired) electrons. The molecule has 0 aromatic carbocycles. The van der Waals surface area contributed by atoms with E-state index < -0.39 is 0 Å². The van der Waals surface area contributed by atoms with Crippen LogP contribution >= 0.6 is 11.3 Å². The number of pyridine rings is 1. The fourth-order valence-corrected chi connectivity index (χ4v) is 5.00. The van der Waals surface area contributed by atoms with Crippen molar-refractivity contribution in [2.24, 2.45) is 0 Å². The molecular formula is C23H25N5OS.